The number of carbonyl (C=O) groups excluding carboxylic acids is 2. The largest absolute Gasteiger partial charge is 0.443 e. The molecule has 1 aromatic rings. The Morgan fingerprint density at radius 2 is 1.93 bits per heavy atom. The van der Waals surface area contributed by atoms with Gasteiger partial charge in [0, 0.05) is 63.3 Å². The molecular weight excluding hydrogens is 383 g/mol. The molecule has 1 N–H and O–H groups in total. The Kier molecular flexibility index (Phi) is 4.53. The van der Waals surface area contributed by atoms with Crippen LogP contribution in [0.4, 0.5) is 18.0 Å². The molecule has 1 aromatic heterocycles. The summed E-state index contributed by atoms with van der Waals surface area (Å²) < 4.78 is 37.9. The van der Waals surface area contributed by atoms with Crippen molar-refractivity contribution in [2.24, 2.45) is 0 Å². The van der Waals surface area contributed by atoms with Gasteiger partial charge in [0.05, 0.1) is 5.54 Å². The van der Waals surface area contributed by atoms with Gasteiger partial charge in [-0.15, -0.1) is 11.3 Å². The normalized spacial score (nSPS) is 22.9. The van der Waals surface area contributed by atoms with E-state index in [9.17, 15) is 22.8 Å². The fourth-order valence-electron chi connectivity index (χ4n) is 3.86. The fraction of sp³-hybridized carbons (Fsp3) is 0.688. The van der Waals surface area contributed by atoms with Gasteiger partial charge in [-0.05, 0) is 6.42 Å². The summed E-state index contributed by atoms with van der Waals surface area (Å²) >= 11 is 0.668. The first kappa shape index (κ1) is 18.5. The minimum Gasteiger partial charge on any atom is -0.347 e. The Balaban J connectivity index is 1.24. The Hall–Kier alpha value is -1.88. The van der Waals surface area contributed by atoms with Gasteiger partial charge in [0.1, 0.15) is 0 Å². The molecule has 3 aliphatic heterocycles. The van der Waals surface area contributed by atoms with Crippen LogP contribution in [0, 0.1) is 0 Å². The van der Waals surface area contributed by atoms with Crippen molar-refractivity contribution >= 4 is 23.3 Å². The molecule has 3 amide bonds. The first-order valence-electron chi connectivity index (χ1n) is 8.83. The molecular formula is C16H20F3N5O2S. The predicted octanol–water partition coefficient (Wildman–Crippen LogP) is 1.36. The number of aromatic nitrogens is 1. The van der Waals surface area contributed by atoms with Crippen molar-refractivity contribution in [1.29, 1.82) is 0 Å². The average molecular weight is 403 g/mol. The molecule has 27 heavy (non-hydrogen) atoms. The van der Waals surface area contributed by atoms with Gasteiger partial charge in [0.15, 0.2) is 5.01 Å². The number of thiazole rings is 1. The highest BCUT2D eigenvalue weighted by atomic mass is 32.1. The lowest BCUT2D eigenvalue weighted by atomic mass is 9.88. The number of hydrogen-bond acceptors (Lipinski definition) is 5. The van der Waals surface area contributed by atoms with E-state index in [1.54, 1.807) is 9.80 Å². The second kappa shape index (κ2) is 6.62. The van der Waals surface area contributed by atoms with Crippen LogP contribution in [0.1, 0.15) is 22.7 Å². The van der Waals surface area contributed by atoms with E-state index in [0.29, 0.717) is 68.4 Å². The average Bonchev–Trinajstić information content (AvgIpc) is 3.20. The molecule has 0 saturated carbocycles. The number of likely N-dealkylation sites (tertiary alicyclic amines) is 1. The molecule has 3 saturated heterocycles. The number of piperazine rings is 1. The van der Waals surface area contributed by atoms with Gasteiger partial charge in [-0.2, -0.15) is 13.2 Å². The Morgan fingerprint density at radius 3 is 2.48 bits per heavy atom. The van der Waals surface area contributed by atoms with E-state index in [1.807, 2.05) is 4.90 Å². The van der Waals surface area contributed by atoms with Crippen LogP contribution in [-0.4, -0.2) is 76.4 Å². The van der Waals surface area contributed by atoms with Crippen LogP contribution in [0.2, 0.25) is 0 Å². The van der Waals surface area contributed by atoms with Gasteiger partial charge in [-0.3, -0.25) is 9.69 Å². The van der Waals surface area contributed by atoms with Crippen LogP contribution in [0.15, 0.2) is 6.20 Å². The second-order valence-electron chi connectivity index (χ2n) is 7.36. The molecule has 3 aliphatic rings. The summed E-state index contributed by atoms with van der Waals surface area (Å²) in [6, 6.07) is -0.0291. The summed E-state index contributed by atoms with van der Waals surface area (Å²) in [5, 5.41) is 2.13. The van der Waals surface area contributed by atoms with Crippen LogP contribution < -0.4 is 5.32 Å². The number of urea groups is 1. The van der Waals surface area contributed by atoms with Crippen molar-refractivity contribution in [2.45, 2.75) is 31.1 Å². The molecule has 0 aromatic carbocycles. The van der Waals surface area contributed by atoms with E-state index in [2.05, 4.69) is 10.3 Å². The summed E-state index contributed by atoms with van der Waals surface area (Å²) in [4.78, 5) is 33.5. The number of halogens is 3. The number of carbonyl (C=O) groups is 2. The number of rotatable bonds is 2. The number of nitrogens with one attached hydrogen (secondary N) is 1. The third-order valence-electron chi connectivity index (χ3n) is 5.31. The number of nitrogens with zero attached hydrogens (tertiary/aromatic N) is 4. The summed E-state index contributed by atoms with van der Waals surface area (Å²) in [5.74, 6) is 0.0486. The lowest BCUT2D eigenvalue weighted by Crippen LogP contribution is -2.70. The highest BCUT2D eigenvalue weighted by molar-refractivity contribution is 7.11. The molecule has 148 valence electrons. The van der Waals surface area contributed by atoms with Gasteiger partial charge in [-0.1, -0.05) is 0 Å². The van der Waals surface area contributed by atoms with E-state index >= 15 is 0 Å². The maximum absolute atomic E-state index is 12.6. The van der Waals surface area contributed by atoms with Gasteiger partial charge < -0.3 is 15.1 Å². The molecule has 0 atom stereocenters. The monoisotopic (exact) mass is 403 g/mol. The lowest BCUT2D eigenvalue weighted by Gasteiger charge is -2.49. The third-order valence-corrected chi connectivity index (χ3v) is 6.34. The Labute approximate surface area is 158 Å². The van der Waals surface area contributed by atoms with E-state index in [-0.39, 0.29) is 17.5 Å². The van der Waals surface area contributed by atoms with Gasteiger partial charge in [-0.25, -0.2) is 9.78 Å². The highest BCUT2D eigenvalue weighted by Gasteiger charge is 2.50. The van der Waals surface area contributed by atoms with Crippen molar-refractivity contribution in [3.05, 3.63) is 16.1 Å². The fourth-order valence-corrected chi connectivity index (χ4v) is 4.68. The first-order chi connectivity index (χ1) is 12.7. The lowest BCUT2D eigenvalue weighted by molar-refractivity contribution is -0.137. The maximum atomic E-state index is 12.6. The van der Waals surface area contributed by atoms with Crippen molar-refractivity contribution in [3.63, 3.8) is 0 Å². The first-order valence-corrected chi connectivity index (χ1v) is 9.65. The van der Waals surface area contributed by atoms with Gasteiger partial charge in [0.2, 0.25) is 5.91 Å². The molecule has 0 aliphatic carbocycles. The zero-order chi connectivity index (χ0) is 19.2. The summed E-state index contributed by atoms with van der Waals surface area (Å²) in [7, 11) is 0. The van der Waals surface area contributed by atoms with Crippen LogP contribution in [0.3, 0.4) is 0 Å². The smallest absolute Gasteiger partial charge is 0.347 e. The molecule has 7 nitrogen and oxygen atoms in total. The van der Waals surface area contributed by atoms with Gasteiger partial charge in [0.25, 0.3) is 0 Å². The molecule has 4 rings (SSSR count). The zero-order valence-corrected chi connectivity index (χ0v) is 15.4. The number of hydrogen-bond donors (Lipinski definition) is 1. The maximum Gasteiger partial charge on any atom is 0.443 e. The van der Waals surface area contributed by atoms with E-state index < -0.39 is 11.2 Å². The quantitative estimate of drug-likeness (QED) is 0.810. The standard InChI is InChI=1S/C16H20F3N5O2S/c17-16(18,19)13-20-7-11(27-13)8-22-3-5-23(6-4-22)14(26)24-9-15(10-24)2-1-12(25)21-15/h7H,1-6,8-10H2,(H,21,25). The molecule has 0 bridgehead atoms. The number of amides is 3. The zero-order valence-electron chi connectivity index (χ0n) is 14.6. The van der Waals surface area contributed by atoms with Crippen LogP contribution in [0.5, 0.6) is 0 Å². The van der Waals surface area contributed by atoms with E-state index in [4.69, 9.17) is 0 Å². The summed E-state index contributed by atoms with van der Waals surface area (Å²) in [5.41, 5.74) is -0.225. The van der Waals surface area contributed by atoms with Crippen LogP contribution >= 0.6 is 11.3 Å². The minimum absolute atomic E-state index is 0.0291. The number of alkyl halides is 3. The summed E-state index contributed by atoms with van der Waals surface area (Å²) in [6.07, 6.45) is -1.83. The van der Waals surface area contributed by atoms with Crippen molar-refractivity contribution in [2.75, 3.05) is 39.3 Å². The van der Waals surface area contributed by atoms with E-state index in [1.165, 1.54) is 6.20 Å². The van der Waals surface area contributed by atoms with Crippen molar-refractivity contribution in [3.8, 4) is 0 Å². The SMILES string of the molecule is O=C1CCC2(CN(C(=O)N3CCN(Cc4cnc(C(F)(F)F)s4)CC3)C2)N1. The molecule has 1 spiro atoms. The summed E-state index contributed by atoms with van der Waals surface area (Å²) in [6.45, 7) is 3.83. The third kappa shape index (κ3) is 3.75. The molecule has 0 unspecified atom stereocenters. The minimum atomic E-state index is -4.40. The molecule has 4 heterocycles. The van der Waals surface area contributed by atoms with Crippen LogP contribution in [0.25, 0.3) is 0 Å². The topological polar surface area (TPSA) is 68.8 Å². The predicted molar refractivity (Wildman–Crippen MR) is 91.0 cm³/mol. The van der Waals surface area contributed by atoms with E-state index in [0.717, 1.165) is 6.42 Å². The molecule has 3 fully saturated rings. The second-order valence-corrected chi connectivity index (χ2v) is 8.48. The van der Waals surface area contributed by atoms with Crippen LogP contribution in [-0.2, 0) is 17.5 Å². The Morgan fingerprint density at radius 1 is 1.22 bits per heavy atom. The molecule has 11 heteroatoms. The van der Waals surface area contributed by atoms with Crippen molar-refractivity contribution < 1.29 is 22.8 Å². The molecule has 0 radical (unpaired) electrons. The Bertz CT molecular complexity index is 739. The van der Waals surface area contributed by atoms with Crippen molar-refractivity contribution in [1.82, 2.24) is 25.0 Å². The highest BCUT2D eigenvalue weighted by Crippen LogP contribution is 2.33. The van der Waals surface area contributed by atoms with Gasteiger partial charge >= 0.3 is 12.2 Å².